The highest BCUT2D eigenvalue weighted by molar-refractivity contribution is 5.48. The molecular weight excluding hydrogens is 248 g/mol. The lowest BCUT2D eigenvalue weighted by atomic mass is 10.0. The predicted octanol–water partition coefficient (Wildman–Crippen LogP) is 4.74. The van der Waals surface area contributed by atoms with E-state index in [1.54, 1.807) is 12.4 Å². The van der Waals surface area contributed by atoms with Gasteiger partial charge in [0.05, 0.1) is 18.1 Å². The fraction of sp³-hybridized carbons (Fsp3) is 0.353. The first-order valence-electron chi connectivity index (χ1n) is 7.07. The van der Waals surface area contributed by atoms with Gasteiger partial charge in [-0.25, -0.2) is 0 Å². The van der Waals surface area contributed by atoms with E-state index in [0.29, 0.717) is 5.92 Å². The monoisotopic (exact) mass is 270 g/mol. The van der Waals surface area contributed by atoms with Crippen LogP contribution in [-0.4, -0.2) is 11.5 Å². The van der Waals surface area contributed by atoms with Gasteiger partial charge in [-0.1, -0.05) is 26.0 Å². The van der Waals surface area contributed by atoms with Crippen LogP contribution in [0.5, 0.6) is 11.5 Å². The summed E-state index contributed by atoms with van der Waals surface area (Å²) in [6.07, 6.45) is 3.54. The molecule has 0 radical (unpaired) electrons. The van der Waals surface area contributed by atoms with Crippen molar-refractivity contribution >= 4 is 5.69 Å². The molecule has 1 aromatic carbocycles. The molecule has 0 aliphatic carbocycles. The number of pyridine rings is 1. The molecule has 0 saturated carbocycles. The highest BCUT2D eigenvalue weighted by Crippen LogP contribution is 2.31. The number of aromatic nitrogens is 1. The Morgan fingerprint density at radius 3 is 2.70 bits per heavy atom. The van der Waals surface area contributed by atoms with E-state index in [0.717, 1.165) is 23.7 Å². The average molecular weight is 270 g/mol. The largest absolute Gasteiger partial charge is 0.455 e. The van der Waals surface area contributed by atoms with Crippen molar-refractivity contribution in [3.05, 3.63) is 47.8 Å². The topological polar surface area (TPSA) is 34.2 Å². The number of nitrogens with zero attached hydrogens (tertiary/aromatic N) is 1. The van der Waals surface area contributed by atoms with Gasteiger partial charge < -0.3 is 10.1 Å². The van der Waals surface area contributed by atoms with Gasteiger partial charge in [-0.05, 0) is 37.0 Å². The van der Waals surface area contributed by atoms with E-state index in [4.69, 9.17) is 4.74 Å². The van der Waals surface area contributed by atoms with Crippen LogP contribution in [0.3, 0.4) is 0 Å². The Morgan fingerprint density at radius 1 is 1.20 bits per heavy atom. The summed E-state index contributed by atoms with van der Waals surface area (Å²) in [4.78, 5) is 4.21. The molecule has 2 rings (SSSR count). The molecule has 0 saturated heterocycles. The third-order valence-electron chi connectivity index (χ3n) is 3.11. The van der Waals surface area contributed by atoms with Crippen LogP contribution in [0.1, 0.15) is 37.8 Å². The molecule has 3 heteroatoms. The van der Waals surface area contributed by atoms with Crippen molar-refractivity contribution in [3.63, 3.8) is 0 Å². The molecule has 1 aromatic heterocycles. The van der Waals surface area contributed by atoms with Crippen LogP contribution >= 0.6 is 0 Å². The summed E-state index contributed by atoms with van der Waals surface area (Å²) in [6, 6.07) is 8.31. The second-order valence-electron chi connectivity index (χ2n) is 5.24. The minimum Gasteiger partial charge on any atom is -0.455 e. The van der Waals surface area contributed by atoms with E-state index in [1.165, 1.54) is 11.1 Å². The van der Waals surface area contributed by atoms with Gasteiger partial charge in [0.25, 0.3) is 0 Å². The van der Waals surface area contributed by atoms with Gasteiger partial charge in [-0.3, -0.25) is 4.98 Å². The van der Waals surface area contributed by atoms with E-state index in [2.05, 4.69) is 56.2 Å². The SMILES string of the molecule is CCNc1cncc(Oc2cc(C)ccc2C(C)C)c1. The number of hydrogen-bond acceptors (Lipinski definition) is 3. The first-order valence-corrected chi connectivity index (χ1v) is 7.07. The summed E-state index contributed by atoms with van der Waals surface area (Å²) in [5.74, 6) is 2.10. The van der Waals surface area contributed by atoms with E-state index >= 15 is 0 Å². The lowest BCUT2D eigenvalue weighted by Crippen LogP contribution is -1.98. The number of ether oxygens (including phenoxy) is 1. The first kappa shape index (κ1) is 14.4. The van der Waals surface area contributed by atoms with Crippen molar-refractivity contribution in [3.8, 4) is 11.5 Å². The van der Waals surface area contributed by atoms with Gasteiger partial charge in [0.15, 0.2) is 0 Å². The van der Waals surface area contributed by atoms with Gasteiger partial charge in [0.1, 0.15) is 11.5 Å². The third kappa shape index (κ3) is 3.50. The number of benzene rings is 1. The van der Waals surface area contributed by atoms with Crippen LogP contribution in [-0.2, 0) is 0 Å². The number of anilines is 1. The lowest BCUT2D eigenvalue weighted by Gasteiger charge is -2.15. The van der Waals surface area contributed by atoms with E-state index in [9.17, 15) is 0 Å². The standard InChI is InChI=1S/C17H22N2O/c1-5-19-14-9-15(11-18-10-14)20-17-8-13(4)6-7-16(17)12(2)3/h6-12,19H,5H2,1-4H3. The maximum Gasteiger partial charge on any atom is 0.147 e. The minimum absolute atomic E-state index is 0.426. The third-order valence-corrected chi connectivity index (χ3v) is 3.11. The molecule has 2 aromatic rings. The molecule has 0 bridgehead atoms. The predicted molar refractivity (Wildman–Crippen MR) is 83.7 cm³/mol. The van der Waals surface area contributed by atoms with Crippen LogP contribution in [0, 0.1) is 6.92 Å². The molecule has 106 valence electrons. The van der Waals surface area contributed by atoms with Crippen molar-refractivity contribution in [1.82, 2.24) is 4.98 Å². The number of rotatable bonds is 5. The van der Waals surface area contributed by atoms with Crippen LogP contribution in [0.15, 0.2) is 36.7 Å². The molecule has 0 spiro atoms. The minimum atomic E-state index is 0.426. The van der Waals surface area contributed by atoms with Gasteiger partial charge in [-0.15, -0.1) is 0 Å². The molecule has 0 amide bonds. The number of nitrogens with one attached hydrogen (secondary N) is 1. The van der Waals surface area contributed by atoms with Crippen molar-refractivity contribution in [2.45, 2.75) is 33.6 Å². The van der Waals surface area contributed by atoms with Gasteiger partial charge in [0, 0.05) is 12.6 Å². The Kier molecular flexibility index (Phi) is 4.61. The molecule has 0 aliphatic rings. The van der Waals surface area contributed by atoms with E-state index in [-0.39, 0.29) is 0 Å². The fourth-order valence-corrected chi connectivity index (χ4v) is 2.11. The molecule has 0 unspecified atom stereocenters. The normalized spacial score (nSPS) is 10.7. The fourth-order valence-electron chi connectivity index (χ4n) is 2.11. The highest BCUT2D eigenvalue weighted by atomic mass is 16.5. The highest BCUT2D eigenvalue weighted by Gasteiger charge is 2.09. The number of hydrogen-bond donors (Lipinski definition) is 1. The maximum atomic E-state index is 6.04. The summed E-state index contributed by atoms with van der Waals surface area (Å²) in [5.41, 5.74) is 3.38. The van der Waals surface area contributed by atoms with Crippen molar-refractivity contribution in [1.29, 1.82) is 0 Å². The lowest BCUT2D eigenvalue weighted by molar-refractivity contribution is 0.470. The Balaban J connectivity index is 2.29. The molecule has 0 fully saturated rings. The Hall–Kier alpha value is -2.03. The molecule has 3 nitrogen and oxygen atoms in total. The number of aryl methyl sites for hydroxylation is 1. The Bertz CT molecular complexity index is 579. The second-order valence-corrected chi connectivity index (χ2v) is 5.24. The van der Waals surface area contributed by atoms with Crippen molar-refractivity contribution in [2.75, 3.05) is 11.9 Å². The Morgan fingerprint density at radius 2 is 2.00 bits per heavy atom. The summed E-state index contributed by atoms with van der Waals surface area (Å²) in [7, 11) is 0. The molecular formula is C17H22N2O. The van der Waals surface area contributed by atoms with Crippen LogP contribution < -0.4 is 10.1 Å². The van der Waals surface area contributed by atoms with Gasteiger partial charge >= 0.3 is 0 Å². The van der Waals surface area contributed by atoms with Gasteiger partial charge in [0.2, 0.25) is 0 Å². The maximum absolute atomic E-state index is 6.04. The zero-order chi connectivity index (χ0) is 14.5. The summed E-state index contributed by atoms with van der Waals surface area (Å²) < 4.78 is 6.04. The molecule has 0 aliphatic heterocycles. The Labute approximate surface area is 121 Å². The zero-order valence-electron chi connectivity index (χ0n) is 12.6. The second kappa shape index (κ2) is 6.42. The molecule has 0 atom stereocenters. The molecule has 20 heavy (non-hydrogen) atoms. The van der Waals surface area contributed by atoms with Gasteiger partial charge in [-0.2, -0.15) is 0 Å². The van der Waals surface area contributed by atoms with Crippen LogP contribution in [0.4, 0.5) is 5.69 Å². The first-order chi connectivity index (χ1) is 9.60. The summed E-state index contributed by atoms with van der Waals surface area (Å²) >= 11 is 0. The summed E-state index contributed by atoms with van der Waals surface area (Å²) in [6.45, 7) is 9.34. The zero-order valence-corrected chi connectivity index (χ0v) is 12.6. The smallest absolute Gasteiger partial charge is 0.147 e. The van der Waals surface area contributed by atoms with Crippen LogP contribution in [0.25, 0.3) is 0 Å². The average Bonchev–Trinajstić information content (AvgIpc) is 2.39. The van der Waals surface area contributed by atoms with E-state index in [1.807, 2.05) is 6.07 Å². The van der Waals surface area contributed by atoms with Crippen molar-refractivity contribution < 1.29 is 4.74 Å². The molecule has 1 heterocycles. The van der Waals surface area contributed by atoms with E-state index < -0.39 is 0 Å². The summed E-state index contributed by atoms with van der Waals surface area (Å²) in [5, 5.41) is 3.24. The van der Waals surface area contributed by atoms with Crippen molar-refractivity contribution in [2.24, 2.45) is 0 Å². The van der Waals surface area contributed by atoms with Crippen LogP contribution in [0.2, 0.25) is 0 Å². The molecule has 1 N–H and O–H groups in total. The quantitative estimate of drug-likeness (QED) is 0.852.